The van der Waals surface area contributed by atoms with E-state index in [-0.39, 0.29) is 12.1 Å². The van der Waals surface area contributed by atoms with Gasteiger partial charge in [0.2, 0.25) is 0 Å². The van der Waals surface area contributed by atoms with Crippen LogP contribution in [0.2, 0.25) is 0 Å². The normalized spacial score (nSPS) is 11.1. The highest BCUT2D eigenvalue weighted by molar-refractivity contribution is 5.40. The predicted molar refractivity (Wildman–Crippen MR) is 36.1 cm³/mol. The Kier molecular flexibility index (Phi) is 2.43. The summed E-state index contributed by atoms with van der Waals surface area (Å²) in [5, 5.41) is 8.24. The number of benzene rings is 1. The van der Waals surface area contributed by atoms with E-state index in [2.05, 4.69) is 0 Å². The largest absolute Gasteiger partial charge is 0.417 e. The lowest BCUT2D eigenvalue weighted by molar-refractivity contribution is -0.138. The highest BCUT2D eigenvalue weighted by atomic mass is 19.4. The molecule has 0 bridgehead atoms. The first-order valence-electron chi connectivity index (χ1n) is 3.32. The Balaban J connectivity index is 3.50. The third-order valence-corrected chi connectivity index (χ3v) is 1.47. The Morgan fingerprint density at radius 1 is 1.14 bits per heavy atom. The maximum atomic E-state index is 12.7. The second-order valence-corrected chi connectivity index (χ2v) is 2.42. The molecule has 1 aromatic rings. The molecule has 0 aromatic heterocycles. The molecule has 0 atom stereocenters. The van der Waals surface area contributed by atoms with Crippen LogP contribution in [0.1, 0.15) is 11.1 Å². The summed E-state index contributed by atoms with van der Waals surface area (Å²) in [5.74, 6) is -2.88. The summed E-state index contributed by atoms with van der Waals surface area (Å²) < 4.78 is 61.4. The van der Waals surface area contributed by atoms with Crippen molar-refractivity contribution in [3.8, 4) is 6.07 Å². The molecule has 0 amide bonds. The molecule has 14 heavy (non-hydrogen) atoms. The molecule has 0 aliphatic carbocycles. The summed E-state index contributed by atoms with van der Waals surface area (Å²) in [6.45, 7) is 0. The number of nitrogens with zero attached hydrogens (tertiary/aromatic N) is 1. The maximum Gasteiger partial charge on any atom is 0.417 e. The fourth-order valence-electron chi connectivity index (χ4n) is 0.911. The summed E-state index contributed by atoms with van der Waals surface area (Å²) in [7, 11) is 0. The van der Waals surface area contributed by atoms with Crippen LogP contribution < -0.4 is 0 Å². The molecular weight excluding hydrogens is 205 g/mol. The molecule has 0 saturated carbocycles. The zero-order valence-electron chi connectivity index (χ0n) is 6.49. The minimum absolute atomic E-state index is 0.0850. The van der Waals surface area contributed by atoms with Gasteiger partial charge in [-0.1, -0.05) is 0 Å². The average Bonchev–Trinajstić information content (AvgIpc) is 2.01. The molecule has 0 fully saturated rings. The zero-order valence-corrected chi connectivity index (χ0v) is 6.49. The third-order valence-electron chi connectivity index (χ3n) is 1.47. The van der Waals surface area contributed by atoms with Crippen molar-refractivity contribution in [2.75, 3.05) is 0 Å². The highest BCUT2D eigenvalue weighted by Crippen LogP contribution is 2.33. The van der Waals surface area contributed by atoms with Crippen molar-refractivity contribution in [3.63, 3.8) is 0 Å². The van der Waals surface area contributed by atoms with E-state index < -0.39 is 28.9 Å². The first-order chi connectivity index (χ1) is 6.36. The number of hydrogen-bond donors (Lipinski definition) is 0. The van der Waals surface area contributed by atoms with Crippen LogP contribution in [0.5, 0.6) is 0 Å². The van der Waals surface area contributed by atoms with Gasteiger partial charge in [-0.25, -0.2) is 8.78 Å². The Morgan fingerprint density at radius 2 is 1.71 bits per heavy atom. The smallest absolute Gasteiger partial charge is 0.207 e. The summed E-state index contributed by atoms with van der Waals surface area (Å²) in [6.07, 6.45) is -4.94. The molecule has 1 nitrogen and oxygen atoms in total. The monoisotopic (exact) mass is 207 g/mol. The Hall–Kier alpha value is -1.64. The van der Waals surface area contributed by atoms with Gasteiger partial charge in [0.1, 0.15) is 23.3 Å². The second kappa shape index (κ2) is 3.25. The molecule has 0 unspecified atom stereocenters. The lowest BCUT2D eigenvalue weighted by atomic mass is 10.1. The minimum Gasteiger partial charge on any atom is -0.207 e. The van der Waals surface area contributed by atoms with Gasteiger partial charge in [-0.2, -0.15) is 18.4 Å². The first-order valence-corrected chi connectivity index (χ1v) is 3.32. The van der Waals surface area contributed by atoms with E-state index in [9.17, 15) is 22.0 Å². The molecule has 0 saturated heterocycles. The predicted octanol–water partition coefficient (Wildman–Crippen LogP) is 2.86. The molecule has 74 valence electrons. The van der Waals surface area contributed by atoms with E-state index in [0.29, 0.717) is 0 Å². The van der Waals surface area contributed by atoms with Gasteiger partial charge in [0.25, 0.3) is 0 Å². The van der Waals surface area contributed by atoms with Crippen molar-refractivity contribution in [1.82, 2.24) is 0 Å². The van der Waals surface area contributed by atoms with Crippen molar-refractivity contribution >= 4 is 0 Å². The van der Waals surface area contributed by atoms with Crippen LogP contribution in [0.15, 0.2) is 12.1 Å². The number of rotatable bonds is 0. The number of alkyl halides is 3. The van der Waals surface area contributed by atoms with E-state index >= 15 is 0 Å². The van der Waals surface area contributed by atoms with E-state index in [0.717, 1.165) is 6.07 Å². The molecule has 0 radical (unpaired) electrons. The third kappa shape index (κ3) is 1.82. The van der Waals surface area contributed by atoms with Gasteiger partial charge in [0.15, 0.2) is 0 Å². The van der Waals surface area contributed by atoms with E-state index in [1.807, 2.05) is 0 Å². The van der Waals surface area contributed by atoms with Crippen molar-refractivity contribution in [2.24, 2.45) is 0 Å². The van der Waals surface area contributed by atoms with E-state index in [1.54, 1.807) is 0 Å². The molecule has 1 aromatic carbocycles. The van der Waals surface area contributed by atoms with Crippen molar-refractivity contribution < 1.29 is 22.0 Å². The Morgan fingerprint density at radius 3 is 2.14 bits per heavy atom. The highest BCUT2D eigenvalue weighted by Gasteiger charge is 2.35. The second-order valence-electron chi connectivity index (χ2n) is 2.42. The molecule has 0 spiro atoms. The van der Waals surface area contributed by atoms with Crippen LogP contribution >= 0.6 is 0 Å². The average molecular weight is 207 g/mol. The van der Waals surface area contributed by atoms with Crippen LogP contribution in [0.4, 0.5) is 22.0 Å². The number of halogens is 5. The molecule has 0 aliphatic rings. The fraction of sp³-hybridized carbons (Fsp3) is 0.125. The van der Waals surface area contributed by atoms with Gasteiger partial charge in [-0.05, 0) is 6.07 Å². The summed E-state index contributed by atoms with van der Waals surface area (Å²) >= 11 is 0. The topological polar surface area (TPSA) is 23.8 Å². The molecule has 0 heterocycles. The standard InChI is InChI=1S/C8H2F5N/c9-4-1-6(8(11,12)13)5(3-14)7(10)2-4/h1-2H. The van der Waals surface area contributed by atoms with Crippen LogP contribution in [0.25, 0.3) is 0 Å². The zero-order chi connectivity index (χ0) is 10.9. The summed E-state index contributed by atoms with van der Waals surface area (Å²) in [5.41, 5.74) is -2.80. The first kappa shape index (κ1) is 10.4. The van der Waals surface area contributed by atoms with Gasteiger partial charge in [-0.15, -0.1) is 0 Å². The SMILES string of the molecule is N#Cc1c(F)cc(F)cc1C(F)(F)F. The van der Waals surface area contributed by atoms with Crippen LogP contribution in [0.3, 0.4) is 0 Å². The molecule has 1 rings (SSSR count). The van der Waals surface area contributed by atoms with Gasteiger partial charge >= 0.3 is 6.18 Å². The van der Waals surface area contributed by atoms with Crippen LogP contribution in [-0.4, -0.2) is 0 Å². The fourth-order valence-corrected chi connectivity index (χ4v) is 0.911. The minimum atomic E-state index is -4.94. The van der Waals surface area contributed by atoms with E-state index in [1.165, 1.54) is 0 Å². The molecular formula is C8H2F5N. The molecule has 6 heteroatoms. The number of nitriles is 1. The molecule has 0 N–H and O–H groups in total. The van der Waals surface area contributed by atoms with Gasteiger partial charge in [0, 0.05) is 6.07 Å². The van der Waals surface area contributed by atoms with Crippen molar-refractivity contribution in [1.29, 1.82) is 5.26 Å². The number of hydrogen-bond acceptors (Lipinski definition) is 1. The lowest BCUT2D eigenvalue weighted by Crippen LogP contribution is -2.10. The summed E-state index contributed by atoms with van der Waals surface area (Å²) in [6, 6.07) is 1.35. The van der Waals surface area contributed by atoms with Crippen molar-refractivity contribution in [3.05, 3.63) is 34.9 Å². The summed E-state index contributed by atoms with van der Waals surface area (Å²) in [4.78, 5) is 0. The lowest BCUT2D eigenvalue weighted by Gasteiger charge is -2.08. The maximum absolute atomic E-state index is 12.7. The molecule has 0 aliphatic heterocycles. The Bertz CT molecular complexity index is 401. The van der Waals surface area contributed by atoms with Crippen molar-refractivity contribution in [2.45, 2.75) is 6.18 Å². The van der Waals surface area contributed by atoms with Crippen LogP contribution in [-0.2, 0) is 6.18 Å². The van der Waals surface area contributed by atoms with Gasteiger partial charge < -0.3 is 0 Å². The Labute approximate surface area is 75.4 Å². The van der Waals surface area contributed by atoms with Gasteiger partial charge in [0.05, 0.1) is 5.56 Å². The quantitative estimate of drug-likeness (QED) is 0.600. The van der Waals surface area contributed by atoms with Crippen LogP contribution in [0, 0.1) is 23.0 Å². The van der Waals surface area contributed by atoms with E-state index in [4.69, 9.17) is 5.26 Å². The van der Waals surface area contributed by atoms with Gasteiger partial charge in [-0.3, -0.25) is 0 Å².